The van der Waals surface area contributed by atoms with Crippen molar-refractivity contribution in [3.8, 4) is 17.2 Å². The Bertz CT molecular complexity index is 929. The van der Waals surface area contributed by atoms with Gasteiger partial charge in [-0.2, -0.15) is 0 Å². The number of carbonyl (C=O) groups excluding carboxylic acids is 1. The van der Waals surface area contributed by atoms with Crippen molar-refractivity contribution in [2.75, 3.05) is 6.79 Å². The van der Waals surface area contributed by atoms with Crippen LogP contribution in [0.25, 0.3) is 0 Å². The zero-order chi connectivity index (χ0) is 17.9. The first kappa shape index (κ1) is 16.1. The van der Waals surface area contributed by atoms with Crippen LogP contribution in [0.3, 0.4) is 0 Å². The molecule has 2 aromatic heterocycles. The normalized spacial score (nSPS) is 12.2. The van der Waals surface area contributed by atoms with Crippen molar-refractivity contribution in [1.82, 2.24) is 10.3 Å². The average Bonchev–Trinajstić information content (AvgIpc) is 3.38. The fourth-order valence-corrected chi connectivity index (χ4v) is 2.43. The van der Waals surface area contributed by atoms with E-state index in [1.807, 2.05) is 19.1 Å². The maximum absolute atomic E-state index is 12.1. The van der Waals surface area contributed by atoms with E-state index in [-0.39, 0.29) is 31.5 Å². The Hall–Kier alpha value is -3.42. The molecule has 1 aliphatic rings. The topological polar surface area (TPSA) is 96.0 Å². The van der Waals surface area contributed by atoms with Crippen LogP contribution in [0.4, 0.5) is 0 Å². The van der Waals surface area contributed by atoms with E-state index in [9.17, 15) is 4.79 Å². The quantitative estimate of drug-likeness (QED) is 0.725. The first-order chi connectivity index (χ1) is 12.7. The van der Waals surface area contributed by atoms with Crippen LogP contribution in [-0.2, 0) is 13.2 Å². The Morgan fingerprint density at radius 2 is 2.12 bits per heavy atom. The van der Waals surface area contributed by atoms with E-state index in [2.05, 4.69) is 10.3 Å². The summed E-state index contributed by atoms with van der Waals surface area (Å²) >= 11 is 0. The summed E-state index contributed by atoms with van der Waals surface area (Å²) in [5.41, 5.74) is 0.178. The number of rotatable bonds is 6. The van der Waals surface area contributed by atoms with Crippen LogP contribution in [0, 0.1) is 6.92 Å². The third-order valence-corrected chi connectivity index (χ3v) is 3.71. The fraction of sp³-hybridized carbons (Fsp3) is 0.222. The lowest BCUT2D eigenvalue weighted by molar-refractivity contribution is 0.0942. The number of ether oxygens (including phenoxy) is 3. The molecule has 0 fully saturated rings. The van der Waals surface area contributed by atoms with Gasteiger partial charge in [0.25, 0.3) is 5.91 Å². The highest BCUT2D eigenvalue weighted by Gasteiger charge is 2.15. The fourth-order valence-electron chi connectivity index (χ4n) is 2.43. The number of amides is 1. The molecule has 0 unspecified atom stereocenters. The third-order valence-electron chi connectivity index (χ3n) is 3.71. The van der Waals surface area contributed by atoms with Crippen molar-refractivity contribution in [2.45, 2.75) is 20.1 Å². The number of carbonyl (C=O) groups is 1. The van der Waals surface area contributed by atoms with Gasteiger partial charge >= 0.3 is 0 Å². The molecule has 3 aromatic rings. The summed E-state index contributed by atoms with van der Waals surface area (Å²) in [6.07, 6.45) is 1.29. The molecule has 4 rings (SSSR count). The van der Waals surface area contributed by atoms with Crippen LogP contribution in [0.2, 0.25) is 0 Å². The maximum Gasteiger partial charge on any atom is 0.273 e. The Morgan fingerprint density at radius 1 is 1.23 bits per heavy atom. The molecule has 1 amide bonds. The van der Waals surface area contributed by atoms with Gasteiger partial charge in [-0.1, -0.05) is 0 Å². The van der Waals surface area contributed by atoms with E-state index < -0.39 is 0 Å². The first-order valence-electron chi connectivity index (χ1n) is 7.98. The van der Waals surface area contributed by atoms with E-state index in [0.29, 0.717) is 28.9 Å². The summed E-state index contributed by atoms with van der Waals surface area (Å²) in [5, 5.41) is 2.72. The summed E-state index contributed by atoms with van der Waals surface area (Å²) in [5.74, 6) is 3.30. The molecule has 0 aliphatic carbocycles. The second-order valence-corrected chi connectivity index (χ2v) is 5.63. The van der Waals surface area contributed by atoms with Crippen molar-refractivity contribution in [3.05, 3.63) is 59.7 Å². The molecule has 1 aliphatic heterocycles. The molecule has 134 valence electrons. The van der Waals surface area contributed by atoms with E-state index in [1.54, 1.807) is 18.2 Å². The molecule has 1 aromatic carbocycles. The summed E-state index contributed by atoms with van der Waals surface area (Å²) in [7, 11) is 0. The molecule has 0 saturated heterocycles. The SMILES string of the molecule is Cc1ccc(CNC(=O)c2coc(COc3ccc4c(c3)OCO4)n2)o1. The summed E-state index contributed by atoms with van der Waals surface area (Å²) < 4.78 is 26.8. The van der Waals surface area contributed by atoms with Gasteiger partial charge in [0.1, 0.15) is 23.5 Å². The molecule has 0 spiro atoms. The number of furan rings is 1. The van der Waals surface area contributed by atoms with Crippen LogP contribution in [0.15, 0.2) is 45.4 Å². The number of benzene rings is 1. The number of hydrogen-bond acceptors (Lipinski definition) is 7. The smallest absolute Gasteiger partial charge is 0.273 e. The van der Waals surface area contributed by atoms with Gasteiger partial charge in [-0.3, -0.25) is 4.79 Å². The zero-order valence-corrected chi connectivity index (χ0v) is 14.0. The number of aromatic nitrogens is 1. The molecule has 8 nitrogen and oxygen atoms in total. The number of hydrogen-bond donors (Lipinski definition) is 1. The second-order valence-electron chi connectivity index (χ2n) is 5.63. The van der Waals surface area contributed by atoms with E-state index in [1.165, 1.54) is 6.26 Å². The van der Waals surface area contributed by atoms with Crippen LogP contribution in [0.1, 0.15) is 27.9 Å². The highest BCUT2D eigenvalue weighted by molar-refractivity contribution is 5.91. The van der Waals surface area contributed by atoms with Crippen LogP contribution >= 0.6 is 0 Å². The maximum atomic E-state index is 12.1. The molecule has 8 heteroatoms. The molecule has 0 radical (unpaired) electrons. The lowest BCUT2D eigenvalue weighted by atomic mass is 10.3. The number of fused-ring (bicyclic) bond motifs is 1. The van der Waals surface area contributed by atoms with E-state index >= 15 is 0 Å². The van der Waals surface area contributed by atoms with Crippen molar-refractivity contribution >= 4 is 5.91 Å². The number of nitrogens with one attached hydrogen (secondary N) is 1. The minimum absolute atomic E-state index is 0.0876. The Labute approximate surface area is 148 Å². The van der Waals surface area contributed by atoms with Gasteiger partial charge in [0.05, 0.1) is 6.54 Å². The second kappa shape index (κ2) is 6.83. The summed E-state index contributed by atoms with van der Waals surface area (Å²) in [4.78, 5) is 16.2. The van der Waals surface area contributed by atoms with Gasteiger partial charge < -0.3 is 28.4 Å². The molecular weight excluding hydrogens is 340 g/mol. The van der Waals surface area contributed by atoms with E-state index in [0.717, 1.165) is 5.76 Å². The Balaban J connectivity index is 1.31. The Morgan fingerprint density at radius 3 is 2.96 bits per heavy atom. The molecule has 26 heavy (non-hydrogen) atoms. The van der Waals surface area contributed by atoms with Gasteiger partial charge in [0, 0.05) is 6.07 Å². The van der Waals surface area contributed by atoms with Crippen molar-refractivity contribution in [2.24, 2.45) is 0 Å². The van der Waals surface area contributed by atoms with Gasteiger partial charge in [0.15, 0.2) is 23.8 Å². The monoisotopic (exact) mass is 356 g/mol. The molecule has 0 atom stereocenters. The largest absolute Gasteiger partial charge is 0.484 e. The highest BCUT2D eigenvalue weighted by atomic mass is 16.7. The van der Waals surface area contributed by atoms with Gasteiger partial charge in [-0.25, -0.2) is 4.98 Å². The zero-order valence-electron chi connectivity index (χ0n) is 14.0. The van der Waals surface area contributed by atoms with Crippen LogP contribution < -0.4 is 19.5 Å². The van der Waals surface area contributed by atoms with Crippen molar-refractivity contribution in [3.63, 3.8) is 0 Å². The highest BCUT2D eigenvalue weighted by Crippen LogP contribution is 2.35. The average molecular weight is 356 g/mol. The standard InChI is InChI=1S/C18H16N2O6/c1-11-2-3-13(26-11)7-19-18(21)14-8-23-17(20-14)9-22-12-4-5-15-16(6-12)25-10-24-15/h2-6,8H,7,9-10H2,1H3,(H,19,21). The lowest BCUT2D eigenvalue weighted by Gasteiger charge is -2.04. The Kier molecular flexibility index (Phi) is 4.22. The van der Waals surface area contributed by atoms with Gasteiger partial charge in [-0.15, -0.1) is 0 Å². The van der Waals surface area contributed by atoms with Crippen LogP contribution in [0.5, 0.6) is 17.2 Å². The number of oxazole rings is 1. The van der Waals surface area contributed by atoms with Gasteiger partial charge in [-0.05, 0) is 31.2 Å². The summed E-state index contributed by atoms with van der Waals surface area (Å²) in [6.45, 7) is 2.41. The molecule has 0 bridgehead atoms. The third kappa shape index (κ3) is 3.49. The summed E-state index contributed by atoms with van der Waals surface area (Å²) in [6, 6.07) is 8.90. The van der Waals surface area contributed by atoms with Crippen LogP contribution in [-0.4, -0.2) is 17.7 Å². The van der Waals surface area contributed by atoms with E-state index in [4.69, 9.17) is 23.0 Å². The molecular formula is C18H16N2O6. The number of nitrogens with zero attached hydrogens (tertiary/aromatic N) is 1. The molecule has 0 saturated carbocycles. The van der Waals surface area contributed by atoms with Crippen molar-refractivity contribution in [1.29, 1.82) is 0 Å². The van der Waals surface area contributed by atoms with Gasteiger partial charge in [0.2, 0.25) is 12.7 Å². The molecule has 1 N–H and O–H groups in total. The lowest BCUT2D eigenvalue weighted by Crippen LogP contribution is -2.22. The number of aryl methyl sites for hydroxylation is 1. The molecule has 3 heterocycles. The predicted octanol–water partition coefficient (Wildman–Crippen LogP) is 2.81. The minimum Gasteiger partial charge on any atom is -0.484 e. The minimum atomic E-state index is -0.350. The first-order valence-corrected chi connectivity index (χ1v) is 7.98. The predicted molar refractivity (Wildman–Crippen MR) is 88.0 cm³/mol. The van der Waals surface area contributed by atoms with Crippen molar-refractivity contribution < 1.29 is 27.8 Å².